The Labute approximate surface area is 104 Å². The van der Waals surface area contributed by atoms with Crippen molar-refractivity contribution in [2.45, 2.75) is 20.3 Å². The van der Waals surface area contributed by atoms with Crippen LogP contribution in [0.1, 0.15) is 20.3 Å². The van der Waals surface area contributed by atoms with Gasteiger partial charge in [0.05, 0.1) is 22.4 Å². The highest BCUT2D eigenvalue weighted by Gasteiger charge is 2.10. The molecule has 0 bridgehead atoms. The summed E-state index contributed by atoms with van der Waals surface area (Å²) in [5, 5.41) is 4.08. The second-order valence-electron chi connectivity index (χ2n) is 3.95. The van der Waals surface area contributed by atoms with Gasteiger partial charge in [-0.3, -0.25) is 0 Å². The van der Waals surface area contributed by atoms with E-state index in [1.54, 1.807) is 0 Å². The van der Waals surface area contributed by atoms with Crippen LogP contribution in [0.4, 0.5) is 5.69 Å². The number of fused-ring (bicyclic) bond motifs is 1. The molecule has 3 nitrogen and oxygen atoms in total. The van der Waals surface area contributed by atoms with E-state index in [0.29, 0.717) is 10.9 Å². The van der Waals surface area contributed by atoms with E-state index in [1.807, 2.05) is 12.1 Å². The molecule has 86 valence electrons. The lowest BCUT2D eigenvalue weighted by Crippen LogP contribution is -2.10. The van der Waals surface area contributed by atoms with Gasteiger partial charge in [0.2, 0.25) is 0 Å². The lowest BCUT2D eigenvalue weighted by molar-refractivity contribution is 0.594. The van der Waals surface area contributed by atoms with Crippen LogP contribution in [0, 0.1) is 5.92 Å². The van der Waals surface area contributed by atoms with Gasteiger partial charge in [-0.25, -0.2) is 0 Å². The minimum Gasteiger partial charge on any atom is -0.382 e. The Balaban J connectivity index is 2.27. The van der Waals surface area contributed by atoms with Crippen LogP contribution in [0.5, 0.6) is 0 Å². The third kappa shape index (κ3) is 2.28. The van der Waals surface area contributed by atoms with Gasteiger partial charge in [0.15, 0.2) is 0 Å². The first kappa shape index (κ1) is 11.6. The highest BCUT2D eigenvalue weighted by atomic mass is 35.5. The first-order valence-electron chi connectivity index (χ1n) is 5.37. The summed E-state index contributed by atoms with van der Waals surface area (Å²) in [4.78, 5) is 0. The minimum absolute atomic E-state index is 0.623. The summed E-state index contributed by atoms with van der Waals surface area (Å²) in [6.45, 7) is 5.30. The summed E-state index contributed by atoms with van der Waals surface area (Å²) in [6, 6.07) is 3.76. The van der Waals surface area contributed by atoms with Crippen molar-refractivity contribution in [2.24, 2.45) is 5.92 Å². The molecule has 0 radical (unpaired) electrons. The van der Waals surface area contributed by atoms with Gasteiger partial charge in [0, 0.05) is 6.54 Å². The van der Waals surface area contributed by atoms with E-state index >= 15 is 0 Å². The lowest BCUT2D eigenvalue weighted by Gasteiger charge is -2.12. The van der Waals surface area contributed by atoms with Crippen molar-refractivity contribution >= 4 is 40.0 Å². The molecule has 0 aliphatic heterocycles. The largest absolute Gasteiger partial charge is 0.382 e. The Hall–Kier alpha value is -0.870. The molecule has 0 saturated carbocycles. The summed E-state index contributed by atoms with van der Waals surface area (Å²) in [5.74, 6) is 0.623. The van der Waals surface area contributed by atoms with Crippen molar-refractivity contribution in [2.75, 3.05) is 11.9 Å². The van der Waals surface area contributed by atoms with Crippen LogP contribution in [0.2, 0.25) is 5.02 Å². The second-order valence-corrected chi connectivity index (χ2v) is 4.88. The van der Waals surface area contributed by atoms with Crippen molar-refractivity contribution < 1.29 is 0 Å². The molecule has 0 fully saturated rings. The molecule has 1 aromatic heterocycles. The predicted molar refractivity (Wildman–Crippen MR) is 70.4 cm³/mol. The molecule has 0 aliphatic carbocycles. The summed E-state index contributed by atoms with van der Waals surface area (Å²) >= 11 is 7.38. The fraction of sp³-hybridized carbons (Fsp3) is 0.455. The number of hydrogen-bond donors (Lipinski definition) is 1. The molecule has 2 rings (SSSR count). The van der Waals surface area contributed by atoms with Crippen LogP contribution in [0.15, 0.2) is 12.1 Å². The van der Waals surface area contributed by atoms with E-state index in [-0.39, 0.29) is 0 Å². The zero-order valence-electron chi connectivity index (χ0n) is 9.33. The molecule has 0 amide bonds. The number of aromatic nitrogens is 2. The first-order valence-corrected chi connectivity index (χ1v) is 6.47. The summed E-state index contributed by atoms with van der Waals surface area (Å²) in [5.41, 5.74) is 2.69. The van der Waals surface area contributed by atoms with E-state index in [0.717, 1.165) is 29.7 Å². The van der Waals surface area contributed by atoms with E-state index < -0.39 is 0 Å². The van der Waals surface area contributed by atoms with Gasteiger partial charge < -0.3 is 5.32 Å². The van der Waals surface area contributed by atoms with E-state index in [2.05, 4.69) is 27.9 Å². The topological polar surface area (TPSA) is 37.8 Å². The van der Waals surface area contributed by atoms with Gasteiger partial charge in [-0.15, -0.1) is 0 Å². The molecular weight excluding hydrogens is 242 g/mol. The van der Waals surface area contributed by atoms with Crippen LogP contribution >= 0.6 is 23.3 Å². The Morgan fingerprint density at radius 3 is 3.00 bits per heavy atom. The molecule has 1 heterocycles. The number of nitrogens with zero attached hydrogens (tertiary/aromatic N) is 2. The highest BCUT2D eigenvalue weighted by Crippen LogP contribution is 2.30. The molecule has 1 unspecified atom stereocenters. The first-order chi connectivity index (χ1) is 7.72. The molecule has 0 aliphatic rings. The SMILES string of the molecule is CCC(C)CNc1c(Cl)ccc2nsnc12. The van der Waals surface area contributed by atoms with Crippen LogP contribution in [0.3, 0.4) is 0 Å². The van der Waals surface area contributed by atoms with Crippen molar-refractivity contribution in [3.05, 3.63) is 17.2 Å². The zero-order chi connectivity index (χ0) is 11.5. The average molecular weight is 256 g/mol. The van der Waals surface area contributed by atoms with Crippen molar-refractivity contribution in [3.63, 3.8) is 0 Å². The molecule has 2 aromatic rings. The zero-order valence-corrected chi connectivity index (χ0v) is 10.9. The van der Waals surface area contributed by atoms with Crippen LogP contribution in [-0.4, -0.2) is 15.3 Å². The number of rotatable bonds is 4. The maximum atomic E-state index is 6.16. The maximum Gasteiger partial charge on any atom is 0.129 e. The van der Waals surface area contributed by atoms with Gasteiger partial charge in [0.1, 0.15) is 11.0 Å². The molecule has 5 heteroatoms. The molecule has 16 heavy (non-hydrogen) atoms. The number of nitrogens with one attached hydrogen (secondary N) is 1. The molecular formula is C11H14ClN3S. The number of halogens is 1. The molecule has 0 spiro atoms. The standard InChI is InChI=1S/C11H14ClN3S/c1-3-7(2)6-13-10-8(12)4-5-9-11(10)15-16-14-9/h4-5,7,13H,3,6H2,1-2H3. The van der Waals surface area contributed by atoms with Crippen LogP contribution in [0.25, 0.3) is 11.0 Å². The van der Waals surface area contributed by atoms with Gasteiger partial charge in [0.25, 0.3) is 0 Å². The predicted octanol–water partition coefficient (Wildman–Crippen LogP) is 3.80. The Bertz CT molecular complexity index is 483. The van der Waals surface area contributed by atoms with Crippen molar-refractivity contribution in [1.82, 2.24) is 8.75 Å². The van der Waals surface area contributed by atoms with Gasteiger partial charge >= 0.3 is 0 Å². The van der Waals surface area contributed by atoms with E-state index in [1.165, 1.54) is 11.7 Å². The Morgan fingerprint density at radius 2 is 2.25 bits per heavy atom. The monoisotopic (exact) mass is 255 g/mol. The van der Waals surface area contributed by atoms with Crippen LogP contribution < -0.4 is 5.32 Å². The van der Waals surface area contributed by atoms with Crippen LogP contribution in [-0.2, 0) is 0 Å². The normalized spacial score (nSPS) is 12.9. The van der Waals surface area contributed by atoms with Gasteiger partial charge in [-0.2, -0.15) is 8.75 Å². The van der Waals surface area contributed by atoms with Crippen molar-refractivity contribution in [3.8, 4) is 0 Å². The number of benzene rings is 1. The quantitative estimate of drug-likeness (QED) is 0.903. The molecule has 1 aromatic carbocycles. The average Bonchev–Trinajstić information content (AvgIpc) is 2.75. The molecule has 1 atom stereocenters. The third-order valence-corrected chi connectivity index (χ3v) is 3.56. The fourth-order valence-electron chi connectivity index (χ4n) is 1.42. The summed E-state index contributed by atoms with van der Waals surface area (Å²) < 4.78 is 8.47. The van der Waals surface area contributed by atoms with Crippen molar-refractivity contribution in [1.29, 1.82) is 0 Å². The summed E-state index contributed by atoms with van der Waals surface area (Å²) in [6.07, 6.45) is 1.15. The Kier molecular flexibility index (Phi) is 3.61. The maximum absolute atomic E-state index is 6.16. The second kappa shape index (κ2) is 4.97. The van der Waals surface area contributed by atoms with Gasteiger partial charge in [-0.05, 0) is 18.1 Å². The summed E-state index contributed by atoms with van der Waals surface area (Å²) in [7, 11) is 0. The molecule has 0 saturated heterocycles. The smallest absolute Gasteiger partial charge is 0.129 e. The fourth-order valence-corrected chi connectivity index (χ4v) is 2.18. The molecule has 1 N–H and O–H groups in total. The number of hydrogen-bond acceptors (Lipinski definition) is 4. The minimum atomic E-state index is 0.623. The van der Waals surface area contributed by atoms with E-state index in [9.17, 15) is 0 Å². The Morgan fingerprint density at radius 1 is 1.44 bits per heavy atom. The lowest BCUT2D eigenvalue weighted by atomic mass is 10.1. The van der Waals surface area contributed by atoms with E-state index in [4.69, 9.17) is 11.6 Å². The van der Waals surface area contributed by atoms with Gasteiger partial charge in [-0.1, -0.05) is 31.9 Å². The number of anilines is 1. The third-order valence-electron chi connectivity index (χ3n) is 2.70. The highest BCUT2D eigenvalue weighted by molar-refractivity contribution is 7.00.